The van der Waals surface area contributed by atoms with E-state index in [1.165, 1.54) is 12.1 Å². The molecule has 0 atom stereocenters. The average molecular weight is 492 g/mol. The van der Waals surface area contributed by atoms with Gasteiger partial charge in [-0.3, -0.25) is 9.59 Å². The van der Waals surface area contributed by atoms with Gasteiger partial charge in [0.25, 0.3) is 5.91 Å². The Bertz CT molecular complexity index is 1250. The molecule has 0 spiro atoms. The second-order valence-electron chi connectivity index (χ2n) is 8.72. The highest BCUT2D eigenvalue weighted by Gasteiger charge is 2.21. The zero-order valence-electron chi connectivity index (χ0n) is 19.4. The third kappa shape index (κ3) is 7.00. The minimum absolute atomic E-state index is 0.0146. The van der Waals surface area contributed by atoms with Gasteiger partial charge in [0.2, 0.25) is 15.9 Å². The molecule has 35 heavy (non-hydrogen) atoms. The van der Waals surface area contributed by atoms with Crippen LogP contribution in [0.2, 0.25) is 0 Å². The van der Waals surface area contributed by atoms with Gasteiger partial charge in [0.1, 0.15) is 0 Å². The van der Waals surface area contributed by atoms with Crippen molar-refractivity contribution in [2.75, 3.05) is 10.6 Å². The van der Waals surface area contributed by atoms with Crippen LogP contribution < -0.4 is 15.4 Å². The SMILES string of the molecule is O=C(Cc1ccccc1)Nc1ccc(C(=O)Nc2ccc(S(=O)(=O)NC3CCCCC3)cc2)cc1. The van der Waals surface area contributed by atoms with Crippen LogP contribution in [-0.2, 0) is 21.2 Å². The van der Waals surface area contributed by atoms with Crippen molar-refractivity contribution in [2.24, 2.45) is 0 Å². The number of benzene rings is 3. The summed E-state index contributed by atoms with van der Waals surface area (Å²) in [6, 6.07) is 22.2. The van der Waals surface area contributed by atoms with Crippen LogP contribution in [-0.4, -0.2) is 26.3 Å². The highest BCUT2D eigenvalue weighted by Crippen LogP contribution is 2.21. The molecular weight excluding hydrogens is 462 g/mol. The molecule has 0 radical (unpaired) electrons. The topological polar surface area (TPSA) is 104 Å². The molecule has 1 aliphatic carbocycles. The van der Waals surface area contributed by atoms with Crippen molar-refractivity contribution >= 4 is 33.2 Å². The molecule has 0 aromatic heterocycles. The Labute approximate surface area is 206 Å². The largest absolute Gasteiger partial charge is 0.326 e. The van der Waals surface area contributed by atoms with Gasteiger partial charge in [0.05, 0.1) is 11.3 Å². The van der Waals surface area contributed by atoms with Crippen LogP contribution >= 0.6 is 0 Å². The zero-order valence-corrected chi connectivity index (χ0v) is 20.2. The number of nitrogens with one attached hydrogen (secondary N) is 3. The number of rotatable bonds is 8. The summed E-state index contributed by atoms with van der Waals surface area (Å²) in [5.41, 5.74) is 2.43. The van der Waals surface area contributed by atoms with Gasteiger partial charge in [0.15, 0.2) is 0 Å². The van der Waals surface area contributed by atoms with Gasteiger partial charge in [-0.25, -0.2) is 13.1 Å². The first kappa shape index (κ1) is 24.6. The molecule has 4 rings (SSSR count). The van der Waals surface area contributed by atoms with Crippen LogP contribution in [0, 0.1) is 0 Å². The van der Waals surface area contributed by atoms with Gasteiger partial charge in [0, 0.05) is 23.0 Å². The number of carbonyl (C=O) groups is 2. The first-order valence-corrected chi connectivity index (χ1v) is 13.2. The summed E-state index contributed by atoms with van der Waals surface area (Å²) in [5, 5.41) is 5.59. The lowest BCUT2D eigenvalue weighted by molar-refractivity contribution is -0.115. The standard InChI is InChI=1S/C27H29N3O4S/c31-26(19-20-7-3-1-4-8-20)28-22-13-11-21(12-14-22)27(32)29-23-15-17-25(18-16-23)35(33,34)30-24-9-5-2-6-10-24/h1,3-4,7-8,11-18,24,30H,2,5-6,9-10,19H2,(H,28,31)(H,29,32). The summed E-state index contributed by atoms with van der Waals surface area (Å²) < 4.78 is 28.1. The van der Waals surface area contributed by atoms with E-state index >= 15 is 0 Å². The highest BCUT2D eigenvalue weighted by atomic mass is 32.2. The molecule has 0 saturated heterocycles. The maximum atomic E-state index is 12.6. The van der Waals surface area contributed by atoms with E-state index in [4.69, 9.17) is 0 Å². The Morgan fingerprint density at radius 3 is 2.00 bits per heavy atom. The average Bonchev–Trinajstić information content (AvgIpc) is 2.86. The van der Waals surface area contributed by atoms with Crippen LogP contribution in [0.25, 0.3) is 0 Å². The van der Waals surface area contributed by atoms with Gasteiger partial charge in [-0.15, -0.1) is 0 Å². The van der Waals surface area contributed by atoms with E-state index < -0.39 is 10.0 Å². The maximum absolute atomic E-state index is 12.6. The van der Waals surface area contributed by atoms with Gasteiger partial charge in [-0.2, -0.15) is 0 Å². The quantitative estimate of drug-likeness (QED) is 0.424. The summed E-state index contributed by atoms with van der Waals surface area (Å²) in [4.78, 5) is 25.0. The molecule has 0 heterocycles. The van der Waals surface area contributed by atoms with E-state index in [2.05, 4.69) is 15.4 Å². The molecular formula is C27H29N3O4S. The Balaban J connectivity index is 1.31. The molecule has 0 unspecified atom stereocenters. The van der Waals surface area contributed by atoms with E-state index in [1.54, 1.807) is 36.4 Å². The van der Waals surface area contributed by atoms with Crippen molar-refractivity contribution in [1.82, 2.24) is 4.72 Å². The van der Waals surface area contributed by atoms with Crippen LogP contribution in [0.15, 0.2) is 83.8 Å². The van der Waals surface area contributed by atoms with Gasteiger partial charge < -0.3 is 10.6 Å². The number of anilines is 2. The lowest BCUT2D eigenvalue weighted by atomic mass is 9.96. The summed E-state index contributed by atoms with van der Waals surface area (Å²) >= 11 is 0. The molecule has 3 aromatic carbocycles. The molecule has 3 N–H and O–H groups in total. The minimum atomic E-state index is -3.59. The predicted octanol–water partition coefficient (Wildman–Crippen LogP) is 4.73. The first-order chi connectivity index (χ1) is 16.9. The first-order valence-electron chi connectivity index (χ1n) is 11.8. The van der Waals surface area contributed by atoms with Crippen molar-refractivity contribution in [3.63, 3.8) is 0 Å². The van der Waals surface area contributed by atoms with Crippen LogP contribution in [0.5, 0.6) is 0 Å². The van der Waals surface area contributed by atoms with Crippen molar-refractivity contribution in [3.05, 3.63) is 90.0 Å². The van der Waals surface area contributed by atoms with E-state index in [-0.39, 0.29) is 29.2 Å². The maximum Gasteiger partial charge on any atom is 0.255 e. The molecule has 0 aliphatic heterocycles. The molecule has 182 valence electrons. The van der Waals surface area contributed by atoms with E-state index in [0.717, 1.165) is 37.7 Å². The Kier molecular flexibility index (Phi) is 7.94. The summed E-state index contributed by atoms with van der Waals surface area (Å²) in [6.45, 7) is 0. The summed E-state index contributed by atoms with van der Waals surface area (Å²) in [6.07, 6.45) is 5.23. The van der Waals surface area contributed by atoms with Crippen molar-refractivity contribution in [1.29, 1.82) is 0 Å². The van der Waals surface area contributed by atoms with Crippen molar-refractivity contribution < 1.29 is 18.0 Å². The number of hydrogen-bond acceptors (Lipinski definition) is 4. The molecule has 7 nitrogen and oxygen atoms in total. The minimum Gasteiger partial charge on any atom is -0.326 e. The predicted molar refractivity (Wildman–Crippen MR) is 137 cm³/mol. The van der Waals surface area contributed by atoms with Gasteiger partial charge >= 0.3 is 0 Å². The van der Waals surface area contributed by atoms with E-state index in [9.17, 15) is 18.0 Å². The zero-order chi connectivity index (χ0) is 24.7. The molecule has 1 saturated carbocycles. The fourth-order valence-electron chi connectivity index (χ4n) is 4.12. The molecule has 3 aromatic rings. The van der Waals surface area contributed by atoms with Crippen LogP contribution in [0.3, 0.4) is 0 Å². The molecule has 1 fully saturated rings. The number of sulfonamides is 1. The number of carbonyl (C=O) groups excluding carboxylic acids is 2. The second-order valence-corrected chi connectivity index (χ2v) is 10.4. The third-order valence-corrected chi connectivity index (χ3v) is 7.52. The van der Waals surface area contributed by atoms with Crippen molar-refractivity contribution in [2.45, 2.75) is 49.5 Å². The fourth-order valence-corrected chi connectivity index (χ4v) is 5.42. The monoisotopic (exact) mass is 491 g/mol. The third-order valence-electron chi connectivity index (χ3n) is 5.99. The van der Waals surface area contributed by atoms with E-state index in [1.807, 2.05) is 30.3 Å². The Hall–Kier alpha value is -3.49. The molecule has 2 amide bonds. The molecule has 8 heteroatoms. The fraction of sp³-hybridized carbons (Fsp3) is 0.259. The van der Waals surface area contributed by atoms with E-state index in [0.29, 0.717) is 16.9 Å². The van der Waals surface area contributed by atoms with Crippen molar-refractivity contribution in [3.8, 4) is 0 Å². The Morgan fingerprint density at radius 1 is 0.743 bits per heavy atom. The molecule has 1 aliphatic rings. The van der Waals surface area contributed by atoms with Gasteiger partial charge in [-0.05, 0) is 66.9 Å². The lowest BCUT2D eigenvalue weighted by Crippen LogP contribution is -2.36. The van der Waals surface area contributed by atoms with Gasteiger partial charge in [-0.1, -0.05) is 49.6 Å². The van der Waals surface area contributed by atoms with Crippen LogP contribution in [0.4, 0.5) is 11.4 Å². The highest BCUT2D eigenvalue weighted by molar-refractivity contribution is 7.89. The Morgan fingerprint density at radius 2 is 1.34 bits per heavy atom. The molecule has 0 bridgehead atoms. The lowest BCUT2D eigenvalue weighted by Gasteiger charge is -2.22. The number of amides is 2. The second kappa shape index (κ2) is 11.3. The number of hydrogen-bond donors (Lipinski definition) is 3. The summed E-state index contributed by atoms with van der Waals surface area (Å²) in [5.74, 6) is -0.468. The smallest absolute Gasteiger partial charge is 0.255 e. The normalized spacial score (nSPS) is 14.3. The van der Waals surface area contributed by atoms with Crippen LogP contribution in [0.1, 0.15) is 48.0 Å². The summed E-state index contributed by atoms with van der Waals surface area (Å²) in [7, 11) is -3.59.